The maximum atomic E-state index is 13.5. The summed E-state index contributed by atoms with van der Waals surface area (Å²) < 4.78 is 27.5. The maximum absolute atomic E-state index is 13.5. The second-order valence-corrected chi connectivity index (χ2v) is 5.21. The van der Waals surface area contributed by atoms with E-state index in [1.807, 2.05) is 31.2 Å². The molecular formula is C15H14BrF2N. The molecule has 2 rings (SSSR count). The molecule has 4 heteroatoms. The minimum absolute atomic E-state index is 0.0400. The molecule has 0 amide bonds. The van der Waals surface area contributed by atoms with Crippen molar-refractivity contribution < 1.29 is 8.78 Å². The van der Waals surface area contributed by atoms with Gasteiger partial charge in [-0.25, -0.2) is 8.78 Å². The van der Waals surface area contributed by atoms with Gasteiger partial charge in [-0.2, -0.15) is 0 Å². The summed E-state index contributed by atoms with van der Waals surface area (Å²) in [5.74, 6) is -0.819. The molecule has 2 aromatic carbocycles. The number of hydrogen-bond acceptors (Lipinski definition) is 1. The van der Waals surface area contributed by atoms with Crippen molar-refractivity contribution in [2.45, 2.75) is 19.5 Å². The first-order chi connectivity index (χ1) is 9.08. The number of halogens is 3. The first kappa shape index (κ1) is 14.2. The molecular weight excluding hydrogens is 312 g/mol. The molecule has 1 atom stereocenters. The smallest absolute Gasteiger partial charge is 0.127 e. The number of nitrogens with one attached hydrogen (secondary N) is 1. The highest BCUT2D eigenvalue weighted by molar-refractivity contribution is 9.10. The summed E-state index contributed by atoms with van der Waals surface area (Å²) in [6, 6.07) is 11.4. The third-order valence-corrected chi connectivity index (χ3v) is 3.70. The molecule has 0 saturated carbocycles. The topological polar surface area (TPSA) is 12.0 Å². The number of hydrogen-bond donors (Lipinski definition) is 1. The Kier molecular flexibility index (Phi) is 4.66. The molecule has 0 radical (unpaired) electrons. The van der Waals surface area contributed by atoms with Crippen LogP contribution in [0.4, 0.5) is 8.78 Å². The number of benzene rings is 2. The highest BCUT2D eigenvalue weighted by atomic mass is 79.9. The highest BCUT2D eigenvalue weighted by Crippen LogP contribution is 2.23. The van der Waals surface area contributed by atoms with Gasteiger partial charge in [0.25, 0.3) is 0 Å². The zero-order valence-corrected chi connectivity index (χ0v) is 12.0. The highest BCUT2D eigenvalue weighted by Gasteiger charge is 2.10. The van der Waals surface area contributed by atoms with Crippen LogP contribution in [0.2, 0.25) is 0 Å². The number of rotatable bonds is 4. The van der Waals surface area contributed by atoms with Crippen molar-refractivity contribution in [1.29, 1.82) is 0 Å². The maximum Gasteiger partial charge on any atom is 0.127 e. The van der Waals surface area contributed by atoms with Crippen LogP contribution < -0.4 is 5.32 Å². The van der Waals surface area contributed by atoms with E-state index in [0.717, 1.165) is 22.2 Å². The summed E-state index contributed by atoms with van der Waals surface area (Å²) in [5.41, 5.74) is 1.42. The van der Waals surface area contributed by atoms with Crippen LogP contribution in [0.3, 0.4) is 0 Å². The molecule has 0 heterocycles. The van der Waals surface area contributed by atoms with E-state index in [1.165, 1.54) is 6.07 Å². The minimum Gasteiger partial charge on any atom is -0.306 e. The van der Waals surface area contributed by atoms with Gasteiger partial charge in [-0.1, -0.05) is 34.1 Å². The average molecular weight is 326 g/mol. The molecule has 0 aliphatic heterocycles. The molecule has 0 aromatic heterocycles. The van der Waals surface area contributed by atoms with Gasteiger partial charge in [-0.3, -0.25) is 0 Å². The molecule has 0 bridgehead atoms. The lowest BCUT2D eigenvalue weighted by Crippen LogP contribution is -2.19. The van der Waals surface area contributed by atoms with Crippen LogP contribution in [0.15, 0.2) is 46.9 Å². The third-order valence-electron chi connectivity index (χ3n) is 2.98. The van der Waals surface area contributed by atoms with Crippen molar-refractivity contribution in [2.24, 2.45) is 0 Å². The van der Waals surface area contributed by atoms with E-state index in [1.54, 1.807) is 0 Å². The predicted octanol–water partition coefficient (Wildman–Crippen LogP) is 4.58. The van der Waals surface area contributed by atoms with E-state index in [2.05, 4.69) is 21.2 Å². The fraction of sp³-hybridized carbons (Fsp3) is 0.200. The van der Waals surface area contributed by atoms with Gasteiger partial charge in [0.2, 0.25) is 0 Å². The summed E-state index contributed by atoms with van der Waals surface area (Å²) in [7, 11) is 0. The van der Waals surface area contributed by atoms with Crippen LogP contribution in [-0.2, 0) is 6.54 Å². The van der Waals surface area contributed by atoms with E-state index in [0.29, 0.717) is 5.56 Å². The largest absolute Gasteiger partial charge is 0.306 e. The average Bonchev–Trinajstić information content (AvgIpc) is 2.40. The fourth-order valence-corrected chi connectivity index (χ4v) is 2.51. The van der Waals surface area contributed by atoms with Gasteiger partial charge < -0.3 is 5.32 Å². The normalized spacial score (nSPS) is 12.4. The lowest BCUT2D eigenvalue weighted by atomic mass is 10.1. The monoisotopic (exact) mass is 325 g/mol. The lowest BCUT2D eigenvalue weighted by molar-refractivity contribution is 0.534. The van der Waals surface area contributed by atoms with Crippen molar-refractivity contribution >= 4 is 15.9 Å². The predicted molar refractivity (Wildman–Crippen MR) is 75.8 cm³/mol. The standard InChI is InChI=1S/C15H14BrF2N/c1-10(13-4-2-3-5-14(13)16)19-9-11-8-12(17)6-7-15(11)18/h2-8,10,19H,9H2,1H3/t10-/m0/s1. The van der Waals surface area contributed by atoms with E-state index < -0.39 is 11.6 Å². The SMILES string of the molecule is C[C@H](NCc1cc(F)ccc1F)c1ccccc1Br. The van der Waals surface area contributed by atoms with Crippen molar-refractivity contribution in [3.05, 3.63) is 69.7 Å². The van der Waals surface area contributed by atoms with E-state index >= 15 is 0 Å². The molecule has 0 saturated heterocycles. The Labute approximate surface area is 119 Å². The zero-order chi connectivity index (χ0) is 13.8. The van der Waals surface area contributed by atoms with Crippen LogP contribution in [0.1, 0.15) is 24.1 Å². The van der Waals surface area contributed by atoms with Crippen molar-refractivity contribution in [2.75, 3.05) is 0 Å². The second-order valence-electron chi connectivity index (χ2n) is 4.36. The molecule has 0 unspecified atom stereocenters. The van der Waals surface area contributed by atoms with Crippen molar-refractivity contribution in [3.63, 3.8) is 0 Å². The van der Waals surface area contributed by atoms with Gasteiger partial charge in [0.15, 0.2) is 0 Å². The third kappa shape index (κ3) is 3.61. The van der Waals surface area contributed by atoms with Crippen LogP contribution >= 0.6 is 15.9 Å². The van der Waals surface area contributed by atoms with Gasteiger partial charge in [0.05, 0.1) is 0 Å². The first-order valence-electron chi connectivity index (χ1n) is 5.99. The van der Waals surface area contributed by atoms with Crippen molar-refractivity contribution in [3.8, 4) is 0 Å². The summed E-state index contributed by atoms with van der Waals surface area (Å²) in [6.07, 6.45) is 0. The Morgan fingerprint density at radius 2 is 1.89 bits per heavy atom. The molecule has 0 aliphatic rings. The van der Waals surface area contributed by atoms with Crippen molar-refractivity contribution in [1.82, 2.24) is 5.32 Å². The van der Waals surface area contributed by atoms with Gasteiger partial charge in [-0.15, -0.1) is 0 Å². The Morgan fingerprint density at radius 3 is 2.63 bits per heavy atom. The minimum atomic E-state index is -0.424. The van der Waals surface area contributed by atoms with E-state index in [4.69, 9.17) is 0 Å². The van der Waals surface area contributed by atoms with Gasteiger partial charge >= 0.3 is 0 Å². The summed E-state index contributed by atoms with van der Waals surface area (Å²) in [6.45, 7) is 2.27. The summed E-state index contributed by atoms with van der Waals surface area (Å²) >= 11 is 3.48. The summed E-state index contributed by atoms with van der Waals surface area (Å²) in [5, 5.41) is 3.19. The Hall–Kier alpha value is -1.26. The Morgan fingerprint density at radius 1 is 1.16 bits per heavy atom. The zero-order valence-electron chi connectivity index (χ0n) is 10.5. The molecule has 0 aliphatic carbocycles. The Bertz CT molecular complexity index is 572. The van der Waals surface area contributed by atoms with Gasteiger partial charge in [-0.05, 0) is 36.8 Å². The quantitative estimate of drug-likeness (QED) is 0.867. The second kappa shape index (κ2) is 6.26. The molecule has 2 aromatic rings. The molecule has 0 fully saturated rings. The van der Waals surface area contributed by atoms with Gasteiger partial charge in [0, 0.05) is 22.6 Å². The van der Waals surface area contributed by atoms with E-state index in [9.17, 15) is 8.78 Å². The van der Waals surface area contributed by atoms with Gasteiger partial charge in [0.1, 0.15) is 11.6 Å². The lowest BCUT2D eigenvalue weighted by Gasteiger charge is -2.16. The molecule has 19 heavy (non-hydrogen) atoms. The molecule has 100 valence electrons. The van der Waals surface area contributed by atoms with Crippen LogP contribution in [0, 0.1) is 11.6 Å². The first-order valence-corrected chi connectivity index (χ1v) is 6.79. The Balaban J connectivity index is 2.06. The molecule has 0 spiro atoms. The fourth-order valence-electron chi connectivity index (χ4n) is 1.88. The summed E-state index contributed by atoms with van der Waals surface area (Å²) in [4.78, 5) is 0. The van der Waals surface area contributed by atoms with Crippen LogP contribution in [0.25, 0.3) is 0 Å². The van der Waals surface area contributed by atoms with E-state index in [-0.39, 0.29) is 12.6 Å². The van der Waals surface area contributed by atoms with Crippen LogP contribution in [0.5, 0.6) is 0 Å². The molecule has 1 N–H and O–H groups in total. The molecule has 1 nitrogen and oxygen atoms in total. The van der Waals surface area contributed by atoms with Crippen LogP contribution in [-0.4, -0.2) is 0 Å².